The van der Waals surface area contributed by atoms with E-state index in [0.717, 1.165) is 28.9 Å². The van der Waals surface area contributed by atoms with Crippen molar-refractivity contribution in [2.24, 2.45) is 5.41 Å². The van der Waals surface area contributed by atoms with Crippen LogP contribution in [0.3, 0.4) is 0 Å². The molecule has 5 aromatic carbocycles. The van der Waals surface area contributed by atoms with Crippen LogP contribution in [-0.2, 0) is 26.5 Å². The van der Waals surface area contributed by atoms with Crippen LogP contribution in [0, 0.1) is 24.5 Å². The fourth-order valence-electron chi connectivity index (χ4n) is 5.57. The fraction of sp³-hybridized carbons (Fsp3) is 0.143. The van der Waals surface area contributed by atoms with Gasteiger partial charge in [-0.3, -0.25) is 0 Å². The van der Waals surface area contributed by atoms with E-state index >= 15 is 0 Å². The number of hydrogen-bond donors (Lipinski definition) is 0. The van der Waals surface area contributed by atoms with Gasteiger partial charge in [0.1, 0.15) is 0 Å². The van der Waals surface area contributed by atoms with Gasteiger partial charge in [0.05, 0.1) is 0 Å². The first-order valence-corrected chi connectivity index (χ1v) is 15.1. The maximum absolute atomic E-state index is 4.60. The van der Waals surface area contributed by atoms with Crippen LogP contribution in [0.15, 0.2) is 134 Å². The standard InChI is InChI=1S/C30H26N.C12H10N.Ir/c1-30(2,3)20-21-16-17-31-29(18-21)23-14-12-22(13-15-23)28-19-24-8-4-5-9-25(24)26-10-6-7-11-27(26)28;1-10-7-8-12(13-9-10)11-5-3-2-4-6-11;/h4-14,16-19H,20H2,1-3H3;2-5,7-9H,1H3;/q2*-1;. The van der Waals surface area contributed by atoms with Crippen molar-refractivity contribution in [1.29, 1.82) is 0 Å². The summed E-state index contributed by atoms with van der Waals surface area (Å²) >= 11 is 0. The molecule has 0 bridgehead atoms. The number of benzene rings is 5. The molecule has 0 saturated heterocycles. The summed E-state index contributed by atoms with van der Waals surface area (Å²) in [7, 11) is 0. The number of fused-ring (bicyclic) bond motifs is 3. The van der Waals surface area contributed by atoms with E-state index in [4.69, 9.17) is 0 Å². The van der Waals surface area contributed by atoms with Gasteiger partial charge in [-0.1, -0.05) is 110 Å². The van der Waals surface area contributed by atoms with Crippen LogP contribution in [-0.4, -0.2) is 9.97 Å². The maximum atomic E-state index is 4.60. The van der Waals surface area contributed by atoms with E-state index in [1.165, 1.54) is 43.8 Å². The topological polar surface area (TPSA) is 25.8 Å². The summed E-state index contributed by atoms with van der Waals surface area (Å²) in [5.74, 6) is 0. The Bertz CT molecular complexity index is 2010. The van der Waals surface area contributed by atoms with E-state index < -0.39 is 0 Å². The number of hydrogen-bond acceptors (Lipinski definition) is 2. The summed E-state index contributed by atoms with van der Waals surface area (Å²) in [5, 5.41) is 5.11. The molecule has 0 atom stereocenters. The molecular formula is C42H36IrN2-2. The minimum atomic E-state index is 0. The third kappa shape index (κ3) is 7.81. The second-order valence-corrected chi connectivity index (χ2v) is 12.5. The zero-order valence-corrected chi connectivity index (χ0v) is 28.5. The molecule has 225 valence electrons. The van der Waals surface area contributed by atoms with Crippen molar-refractivity contribution in [3.63, 3.8) is 0 Å². The Morgan fingerprint density at radius 1 is 0.644 bits per heavy atom. The van der Waals surface area contributed by atoms with Crippen molar-refractivity contribution in [2.75, 3.05) is 0 Å². The monoisotopic (exact) mass is 761 g/mol. The van der Waals surface area contributed by atoms with E-state index in [1.54, 1.807) is 0 Å². The summed E-state index contributed by atoms with van der Waals surface area (Å²) in [5.41, 5.74) is 9.21. The Labute approximate surface area is 280 Å². The maximum Gasteiger partial charge on any atom is 0.0190 e. The molecule has 1 radical (unpaired) electrons. The molecule has 0 N–H and O–H groups in total. The van der Waals surface area contributed by atoms with Gasteiger partial charge in [0, 0.05) is 32.5 Å². The van der Waals surface area contributed by atoms with Gasteiger partial charge in [0.15, 0.2) is 0 Å². The van der Waals surface area contributed by atoms with E-state index in [9.17, 15) is 0 Å². The summed E-state index contributed by atoms with van der Waals surface area (Å²) in [6.45, 7) is 8.83. The quantitative estimate of drug-likeness (QED) is 0.132. The van der Waals surface area contributed by atoms with Crippen molar-refractivity contribution in [1.82, 2.24) is 9.97 Å². The van der Waals surface area contributed by atoms with E-state index in [1.807, 2.05) is 49.6 Å². The molecule has 0 spiro atoms. The van der Waals surface area contributed by atoms with Gasteiger partial charge in [0.25, 0.3) is 0 Å². The summed E-state index contributed by atoms with van der Waals surface area (Å²) in [6, 6.07) is 48.9. The van der Waals surface area contributed by atoms with Gasteiger partial charge in [0.2, 0.25) is 0 Å². The third-order valence-corrected chi connectivity index (χ3v) is 7.62. The Morgan fingerprint density at radius 3 is 2.07 bits per heavy atom. The van der Waals surface area contributed by atoms with Crippen molar-refractivity contribution < 1.29 is 20.1 Å². The average molecular weight is 761 g/mol. The predicted molar refractivity (Wildman–Crippen MR) is 185 cm³/mol. The number of rotatable bonds is 4. The minimum absolute atomic E-state index is 0. The fourth-order valence-corrected chi connectivity index (χ4v) is 5.57. The molecule has 0 saturated carbocycles. The van der Waals surface area contributed by atoms with Crippen molar-refractivity contribution in [3.8, 4) is 33.6 Å². The SMILES string of the molecule is CC(C)(C)Cc1ccnc(-c2[c-]cc(-c3cc4ccccc4c4ccccc34)cc2)c1.Cc1ccc(-c2[c-]cccc2)nc1.[Ir]. The Hall–Kier alpha value is -4.43. The molecule has 0 aliphatic carbocycles. The summed E-state index contributed by atoms with van der Waals surface area (Å²) in [4.78, 5) is 8.92. The first-order chi connectivity index (χ1) is 21.3. The third-order valence-electron chi connectivity index (χ3n) is 7.62. The van der Waals surface area contributed by atoms with Crippen molar-refractivity contribution in [2.45, 2.75) is 34.1 Å². The van der Waals surface area contributed by atoms with Gasteiger partial charge in [-0.05, 0) is 63.3 Å². The van der Waals surface area contributed by atoms with Crippen molar-refractivity contribution in [3.05, 3.63) is 157 Å². The molecule has 2 heterocycles. The van der Waals surface area contributed by atoms with Crippen LogP contribution in [0.4, 0.5) is 0 Å². The second-order valence-electron chi connectivity index (χ2n) is 12.5. The first kappa shape index (κ1) is 32.0. The van der Waals surface area contributed by atoms with Gasteiger partial charge in [-0.15, -0.1) is 65.7 Å². The average Bonchev–Trinajstić information content (AvgIpc) is 3.05. The van der Waals surface area contributed by atoms with Crippen molar-refractivity contribution >= 4 is 21.5 Å². The Balaban J connectivity index is 0.000000240. The van der Waals surface area contributed by atoms with Gasteiger partial charge >= 0.3 is 0 Å². The number of pyridine rings is 2. The Morgan fingerprint density at radius 2 is 1.38 bits per heavy atom. The van der Waals surface area contributed by atoms with Gasteiger partial charge in [-0.25, -0.2) is 0 Å². The molecule has 7 aromatic rings. The zero-order chi connectivity index (χ0) is 30.5. The van der Waals surface area contributed by atoms with Gasteiger partial charge < -0.3 is 9.97 Å². The molecular weight excluding hydrogens is 725 g/mol. The van der Waals surface area contributed by atoms with Crippen LogP contribution in [0.5, 0.6) is 0 Å². The second kappa shape index (κ2) is 14.1. The largest absolute Gasteiger partial charge is 0.305 e. The number of aromatic nitrogens is 2. The van der Waals surface area contributed by atoms with Crippen LogP contribution >= 0.6 is 0 Å². The first-order valence-electron chi connectivity index (χ1n) is 15.1. The normalized spacial score (nSPS) is 11.0. The predicted octanol–water partition coefficient (Wildman–Crippen LogP) is 11.0. The van der Waals surface area contributed by atoms with Gasteiger partial charge in [-0.2, -0.15) is 0 Å². The molecule has 0 fully saturated rings. The molecule has 0 aliphatic heterocycles. The molecule has 0 aliphatic rings. The van der Waals surface area contributed by atoms with Crippen LogP contribution in [0.1, 0.15) is 31.9 Å². The van der Waals surface area contributed by atoms with Crippen LogP contribution in [0.2, 0.25) is 0 Å². The molecule has 7 rings (SSSR count). The van der Waals surface area contributed by atoms with E-state index in [0.29, 0.717) is 0 Å². The van der Waals surface area contributed by atoms with Crippen LogP contribution < -0.4 is 0 Å². The zero-order valence-electron chi connectivity index (χ0n) is 26.1. The Kier molecular flexibility index (Phi) is 10.0. The number of aryl methyl sites for hydroxylation is 1. The van der Waals surface area contributed by atoms with E-state index in [-0.39, 0.29) is 25.5 Å². The summed E-state index contributed by atoms with van der Waals surface area (Å²) < 4.78 is 0. The molecule has 0 unspecified atom stereocenters. The molecule has 0 amide bonds. The molecule has 3 heteroatoms. The molecule has 2 nitrogen and oxygen atoms in total. The van der Waals surface area contributed by atoms with Crippen LogP contribution in [0.25, 0.3) is 55.2 Å². The smallest absolute Gasteiger partial charge is 0.0190 e. The summed E-state index contributed by atoms with van der Waals surface area (Å²) in [6.07, 6.45) is 4.81. The number of nitrogens with zero attached hydrogens (tertiary/aromatic N) is 2. The molecule has 45 heavy (non-hydrogen) atoms. The van der Waals surface area contributed by atoms with E-state index in [2.05, 4.69) is 134 Å². The minimum Gasteiger partial charge on any atom is -0.305 e. The molecule has 2 aromatic heterocycles.